The van der Waals surface area contributed by atoms with Crippen LogP contribution >= 0.6 is 11.8 Å². The van der Waals surface area contributed by atoms with Crippen LogP contribution in [0.5, 0.6) is 0 Å². The molecule has 5 rings (SSSR count). The van der Waals surface area contributed by atoms with E-state index in [9.17, 15) is 14.4 Å². The van der Waals surface area contributed by atoms with Gasteiger partial charge in [0.1, 0.15) is 5.70 Å². The maximum absolute atomic E-state index is 13.4. The first-order chi connectivity index (χ1) is 19.9. The van der Waals surface area contributed by atoms with E-state index in [1.165, 1.54) is 11.8 Å². The van der Waals surface area contributed by atoms with Crippen LogP contribution in [0.25, 0.3) is 17.0 Å². The molecule has 0 aliphatic rings. The lowest BCUT2D eigenvalue weighted by Gasteiger charge is -2.12. The molecule has 0 aliphatic carbocycles. The topological polar surface area (TPSA) is 103 Å². The number of carbonyl (C=O) groups is 3. The molecule has 1 aromatic heterocycles. The Kier molecular flexibility index (Phi) is 8.61. The molecule has 204 valence electrons. The summed E-state index contributed by atoms with van der Waals surface area (Å²) >= 11 is 1.36. The van der Waals surface area contributed by atoms with E-state index in [1.54, 1.807) is 42.5 Å². The normalized spacial score (nSPS) is 11.2. The van der Waals surface area contributed by atoms with E-state index in [1.807, 2.05) is 79.9 Å². The lowest BCUT2D eigenvalue weighted by molar-refractivity contribution is -0.114. The van der Waals surface area contributed by atoms with Crippen molar-refractivity contribution in [3.8, 4) is 0 Å². The molecule has 0 aliphatic heterocycles. The first-order valence-corrected chi connectivity index (χ1v) is 14.0. The van der Waals surface area contributed by atoms with Gasteiger partial charge in [0, 0.05) is 33.5 Å². The van der Waals surface area contributed by atoms with E-state index < -0.39 is 5.91 Å². The average Bonchev–Trinajstić information content (AvgIpc) is 3.44. The highest BCUT2D eigenvalue weighted by atomic mass is 32.2. The summed E-state index contributed by atoms with van der Waals surface area (Å²) in [7, 11) is 0. The zero-order chi connectivity index (χ0) is 28.6. The van der Waals surface area contributed by atoms with Gasteiger partial charge in [-0.05, 0) is 72.5 Å². The van der Waals surface area contributed by atoms with Gasteiger partial charge in [-0.1, -0.05) is 60.2 Å². The number of fused-ring (bicyclic) bond motifs is 1. The van der Waals surface area contributed by atoms with Gasteiger partial charge < -0.3 is 20.9 Å². The molecule has 0 spiro atoms. The smallest absolute Gasteiger partial charge is 0.272 e. The first kappa shape index (κ1) is 27.5. The van der Waals surface area contributed by atoms with Crippen molar-refractivity contribution in [3.05, 3.63) is 132 Å². The van der Waals surface area contributed by atoms with Gasteiger partial charge in [0.05, 0.1) is 5.75 Å². The Hall–Kier alpha value is -5.08. The molecule has 0 unspecified atom stereocenters. The zero-order valence-electron chi connectivity index (χ0n) is 22.3. The Labute approximate surface area is 242 Å². The van der Waals surface area contributed by atoms with E-state index in [-0.39, 0.29) is 23.3 Å². The molecule has 0 fully saturated rings. The van der Waals surface area contributed by atoms with E-state index in [4.69, 9.17) is 0 Å². The van der Waals surface area contributed by atoms with Crippen LogP contribution in [0, 0.1) is 6.92 Å². The number of H-pyrrole nitrogens is 1. The van der Waals surface area contributed by atoms with Crippen LogP contribution in [0.3, 0.4) is 0 Å². The second kappa shape index (κ2) is 12.8. The number of hydrogen-bond donors (Lipinski definition) is 4. The number of carbonyl (C=O) groups excluding carboxylic acids is 3. The second-order valence-electron chi connectivity index (χ2n) is 9.39. The molecule has 4 aromatic carbocycles. The number of anilines is 2. The molecule has 0 bridgehead atoms. The number of benzene rings is 4. The van der Waals surface area contributed by atoms with Crippen molar-refractivity contribution in [3.63, 3.8) is 0 Å². The highest BCUT2D eigenvalue weighted by Crippen LogP contribution is 2.23. The number of amides is 3. The summed E-state index contributed by atoms with van der Waals surface area (Å²) in [6.45, 7) is 1.96. The van der Waals surface area contributed by atoms with Gasteiger partial charge >= 0.3 is 0 Å². The number of thioether (sulfide) groups is 1. The number of aromatic nitrogens is 1. The van der Waals surface area contributed by atoms with Crippen LogP contribution in [0.15, 0.2) is 120 Å². The summed E-state index contributed by atoms with van der Waals surface area (Å²) < 4.78 is 0. The monoisotopic (exact) mass is 560 g/mol. The Balaban J connectivity index is 1.25. The molecule has 7 nitrogen and oxygen atoms in total. The molecule has 0 saturated carbocycles. The molecular formula is C33H28N4O3S. The van der Waals surface area contributed by atoms with Crippen LogP contribution in [0.1, 0.15) is 21.5 Å². The third-order valence-electron chi connectivity index (χ3n) is 6.18. The highest BCUT2D eigenvalue weighted by molar-refractivity contribution is 8.00. The fraction of sp³-hybridized carbons (Fsp3) is 0.0606. The number of rotatable bonds is 9. The Morgan fingerprint density at radius 3 is 2.44 bits per heavy atom. The molecule has 0 radical (unpaired) electrons. The number of aromatic amines is 1. The molecule has 0 atom stereocenters. The predicted molar refractivity (Wildman–Crippen MR) is 166 cm³/mol. The summed E-state index contributed by atoms with van der Waals surface area (Å²) in [5, 5.41) is 9.63. The molecular weight excluding hydrogens is 532 g/mol. The van der Waals surface area contributed by atoms with Gasteiger partial charge in [-0.2, -0.15) is 0 Å². The van der Waals surface area contributed by atoms with E-state index in [2.05, 4.69) is 20.9 Å². The first-order valence-electron chi connectivity index (χ1n) is 13.0. The van der Waals surface area contributed by atoms with Gasteiger partial charge in [-0.15, -0.1) is 11.8 Å². The minimum atomic E-state index is -0.463. The van der Waals surface area contributed by atoms with Crippen molar-refractivity contribution < 1.29 is 14.4 Å². The number of aryl methyl sites for hydroxylation is 1. The maximum Gasteiger partial charge on any atom is 0.272 e. The minimum Gasteiger partial charge on any atom is -0.361 e. The van der Waals surface area contributed by atoms with Crippen LogP contribution < -0.4 is 16.0 Å². The second-order valence-corrected chi connectivity index (χ2v) is 10.4. The molecule has 4 N–H and O–H groups in total. The van der Waals surface area contributed by atoms with E-state index in [0.29, 0.717) is 11.3 Å². The van der Waals surface area contributed by atoms with Crippen molar-refractivity contribution in [1.29, 1.82) is 0 Å². The summed E-state index contributed by atoms with van der Waals surface area (Å²) in [5.41, 5.74) is 4.59. The van der Waals surface area contributed by atoms with Crippen molar-refractivity contribution in [2.75, 3.05) is 16.4 Å². The molecule has 1 heterocycles. The third kappa shape index (κ3) is 7.52. The summed E-state index contributed by atoms with van der Waals surface area (Å²) in [6.07, 6.45) is 3.51. The SMILES string of the molecule is Cc1cccc(/C=C(/NC(=O)c2ccccc2)C(=O)Nc2cccc(SCC(=O)Nc3ccc4cc[nH]c4c3)c2)c1. The summed E-state index contributed by atoms with van der Waals surface area (Å²) in [4.78, 5) is 42.8. The van der Waals surface area contributed by atoms with Crippen molar-refractivity contribution >= 4 is 57.8 Å². The number of nitrogens with one attached hydrogen (secondary N) is 4. The molecule has 41 heavy (non-hydrogen) atoms. The molecule has 8 heteroatoms. The van der Waals surface area contributed by atoms with Crippen LogP contribution in [-0.4, -0.2) is 28.5 Å². The Bertz CT molecular complexity index is 1740. The summed E-state index contributed by atoms with van der Waals surface area (Å²) in [6, 6.07) is 31.3. The highest BCUT2D eigenvalue weighted by Gasteiger charge is 2.15. The van der Waals surface area contributed by atoms with Crippen molar-refractivity contribution in [2.45, 2.75) is 11.8 Å². The fourth-order valence-electron chi connectivity index (χ4n) is 4.20. The molecule has 0 saturated heterocycles. The maximum atomic E-state index is 13.4. The van der Waals surface area contributed by atoms with E-state index in [0.717, 1.165) is 32.6 Å². The van der Waals surface area contributed by atoms with Gasteiger partial charge in [0.25, 0.3) is 11.8 Å². The lowest BCUT2D eigenvalue weighted by Crippen LogP contribution is -2.30. The Morgan fingerprint density at radius 2 is 1.61 bits per heavy atom. The van der Waals surface area contributed by atoms with E-state index >= 15 is 0 Å². The average molecular weight is 561 g/mol. The van der Waals surface area contributed by atoms with Crippen LogP contribution in [0.4, 0.5) is 11.4 Å². The largest absolute Gasteiger partial charge is 0.361 e. The fourth-order valence-corrected chi connectivity index (χ4v) is 4.96. The Morgan fingerprint density at radius 1 is 0.805 bits per heavy atom. The summed E-state index contributed by atoms with van der Waals surface area (Å²) in [5.74, 6) is -0.783. The predicted octanol–water partition coefficient (Wildman–Crippen LogP) is 6.62. The van der Waals surface area contributed by atoms with Crippen molar-refractivity contribution in [1.82, 2.24) is 10.3 Å². The minimum absolute atomic E-state index is 0.112. The van der Waals surface area contributed by atoms with Crippen LogP contribution in [0.2, 0.25) is 0 Å². The van der Waals surface area contributed by atoms with Crippen LogP contribution in [-0.2, 0) is 9.59 Å². The quantitative estimate of drug-likeness (QED) is 0.120. The van der Waals surface area contributed by atoms with Gasteiger partial charge in [0.2, 0.25) is 5.91 Å². The molecule has 5 aromatic rings. The van der Waals surface area contributed by atoms with Gasteiger partial charge in [-0.3, -0.25) is 14.4 Å². The van der Waals surface area contributed by atoms with Gasteiger partial charge in [0.15, 0.2) is 0 Å². The van der Waals surface area contributed by atoms with Gasteiger partial charge in [-0.25, -0.2) is 0 Å². The standard InChI is InChI=1S/C33H28N4O3S/c1-22-7-5-8-23(17-22)18-30(37-32(39)25-9-3-2-4-10-25)33(40)36-26-11-6-12-28(19-26)41-21-31(38)35-27-14-13-24-15-16-34-29(24)20-27/h2-20,34H,21H2,1H3,(H,35,38)(H,36,40)(H,37,39)/b30-18+. The van der Waals surface area contributed by atoms with Crippen molar-refractivity contribution in [2.24, 2.45) is 0 Å². The lowest BCUT2D eigenvalue weighted by atomic mass is 10.1. The molecule has 3 amide bonds. The zero-order valence-corrected chi connectivity index (χ0v) is 23.1. The number of hydrogen-bond acceptors (Lipinski definition) is 4. The third-order valence-corrected chi connectivity index (χ3v) is 7.18.